The van der Waals surface area contributed by atoms with Crippen LogP contribution in [0.1, 0.15) is 0 Å². The van der Waals surface area contributed by atoms with Gasteiger partial charge in [0.2, 0.25) is 0 Å². The zero-order valence-electron chi connectivity index (χ0n) is 3.18. The Morgan fingerprint density at radius 3 is 2.83 bits per heavy atom. The monoisotopic (exact) mass is 106 g/mol. The van der Waals surface area contributed by atoms with E-state index in [4.69, 9.17) is 5.14 Å². The van der Waals surface area contributed by atoms with E-state index in [1.54, 1.807) is 0 Å². The lowest BCUT2D eigenvalue weighted by molar-refractivity contribution is -0.106. The highest BCUT2D eigenvalue weighted by molar-refractivity contribution is 7.95. The largest absolute Gasteiger partial charge is 0.302 e. The van der Waals surface area contributed by atoms with Crippen molar-refractivity contribution < 1.29 is 4.79 Å². The van der Waals surface area contributed by atoms with Crippen molar-refractivity contribution in [3.63, 3.8) is 0 Å². The number of rotatable bonds is 3. The number of nitrogens with two attached hydrogens (primary N) is 1. The SMILES string of the molecule is NSNCC=O. The van der Waals surface area contributed by atoms with Crippen molar-refractivity contribution in [3.05, 3.63) is 0 Å². The number of nitrogens with one attached hydrogen (secondary N) is 1. The third kappa shape index (κ3) is 3.94. The number of hydrogen-bond donors (Lipinski definition) is 2. The second-order valence-electron chi connectivity index (χ2n) is 0.633. The summed E-state index contributed by atoms with van der Waals surface area (Å²) in [5.74, 6) is 0. The van der Waals surface area contributed by atoms with Crippen LogP contribution in [0.5, 0.6) is 0 Å². The molecule has 6 heavy (non-hydrogen) atoms. The van der Waals surface area contributed by atoms with Gasteiger partial charge in [0.25, 0.3) is 0 Å². The smallest absolute Gasteiger partial charge is 0.134 e. The highest BCUT2D eigenvalue weighted by atomic mass is 32.2. The van der Waals surface area contributed by atoms with Crippen LogP contribution in [0.2, 0.25) is 0 Å². The molecular weight excluding hydrogens is 100 g/mol. The Labute approximate surface area is 40.5 Å². The molecule has 3 nitrogen and oxygen atoms in total. The van der Waals surface area contributed by atoms with Crippen molar-refractivity contribution in [2.45, 2.75) is 0 Å². The third-order valence-electron chi connectivity index (χ3n) is 0.250. The van der Waals surface area contributed by atoms with Gasteiger partial charge in [0, 0.05) is 12.1 Å². The van der Waals surface area contributed by atoms with Gasteiger partial charge in [0.05, 0.1) is 6.54 Å². The number of hydrogen-bond acceptors (Lipinski definition) is 4. The average Bonchev–Trinajstić information content (AvgIpc) is 1.61. The summed E-state index contributed by atoms with van der Waals surface area (Å²) in [5, 5.41) is 4.86. The Kier molecular flexibility index (Phi) is 4.89. The summed E-state index contributed by atoms with van der Waals surface area (Å²) in [6.07, 6.45) is 0.750. The maximum atomic E-state index is 9.43. The molecule has 4 heteroatoms. The molecule has 0 bridgehead atoms. The molecule has 0 unspecified atom stereocenters. The van der Waals surface area contributed by atoms with E-state index in [-0.39, 0.29) is 0 Å². The molecule has 0 radical (unpaired) electrons. The van der Waals surface area contributed by atoms with Crippen molar-refractivity contribution in [1.82, 2.24) is 4.72 Å². The Hall–Kier alpha value is -0.0600. The number of carbonyl (C=O) groups is 1. The number of aldehydes is 1. The van der Waals surface area contributed by atoms with Crippen molar-refractivity contribution >= 4 is 18.4 Å². The molecule has 0 aliphatic rings. The predicted molar refractivity (Wildman–Crippen MR) is 25.8 cm³/mol. The van der Waals surface area contributed by atoms with Crippen LogP contribution >= 0.6 is 12.1 Å². The predicted octanol–water partition coefficient (Wildman–Crippen LogP) is -0.703. The second kappa shape index (κ2) is 4.94. The van der Waals surface area contributed by atoms with Gasteiger partial charge < -0.3 is 4.79 Å². The van der Waals surface area contributed by atoms with Crippen LogP contribution in [0.3, 0.4) is 0 Å². The Morgan fingerprint density at radius 1 is 2.00 bits per heavy atom. The van der Waals surface area contributed by atoms with E-state index in [0.29, 0.717) is 6.54 Å². The van der Waals surface area contributed by atoms with Crippen molar-refractivity contribution in [2.24, 2.45) is 5.14 Å². The average molecular weight is 106 g/mol. The molecule has 0 aromatic heterocycles. The lowest BCUT2D eigenvalue weighted by Gasteiger charge is -1.84. The molecule has 0 aromatic carbocycles. The zero-order valence-corrected chi connectivity index (χ0v) is 3.99. The van der Waals surface area contributed by atoms with E-state index in [0.717, 1.165) is 18.4 Å². The molecule has 0 aromatic rings. The lowest BCUT2D eigenvalue weighted by Crippen LogP contribution is -2.08. The first kappa shape index (κ1) is 5.94. The van der Waals surface area contributed by atoms with Gasteiger partial charge >= 0.3 is 0 Å². The second-order valence-corrected chi connectivity index (χ2v) is 1.16. The highest BCUT2D eigenvalue weighted by Gasteiger charge is 1.71. The minimum atomic E-state index is 0.321. The third-order valence-corrected chi connectivity index (χ3v) is 0.583. The van der Waals surface area contributed by atoms with Gasteiger partial charge in [-0.1, -0.05) is 0 Å². The summed E-state index contributed by atoms with van der Waals surface area (Å²) in [7, 11) is 0. The van der Waals surface area contributed by atoms with Gasteiger partial charge in [-0.05, 0) is 0 Å². The summed E-state index contributed by atoms with van der Waals surface area (Å²) in [6.45, 7) is 0.321. The Bertz CT molecular complexity index is 40.5. The van der Waals surface area contributed by atoms with Crippen molar-refractivity contribution in [3.8, 4) is 0 Å². The van der Waals surface area contributed by atoms with Gasteiger partial charge in [-0.3, -0.25) is 5.14 Å². The van der Waals surface area contributed by atoms with Crippen LogP contribution in [-0.4, -0.2) is 12.8 Å². The van der Waals surface area contributed by atoms with Gasteiger partial charge in [0.15, 0.2) is 0 Å². The van der Waals surface area contributed by atoms with Gasteiger partial charge in [-0.25, -0.2) is 4.72 Å². The van der Waals surface area contributed by atoms with Crippen LogP contribution in [-0.2, 0) is 4.79 Å². The van der Waals surface area contributed by atoms with E-state index in [1.165, 1.54) is 0 Å². The van der Waals surface area contributed by atoms with Crippen LogP contribution in [0.15, 0.2) is 0 Å². The quantitative estimate of drug-likeness (QED) is 0.284. The molecule has 0 fully saturated rings. The van der Waals surface area contributed by atoms with E-state index >= 15 is 0 Å². The summed E-state index contributed by atoms with van der Waals surface area (Å²) in [4.78, 5) is 9.43. The maximum absolute atomic E-state index is 9.43. The first-order valence-electron chi connectivity index (χ1n) is 1.44. The fourth-order valence-corrected chi connectivity index (χ4v) is 0.246. The molecule has 0 saturated carbocycles. The van der Waals surface area contributed by atoms with E-state index in [1.807, 2.05) is 0 Å². The van der Waals surface area contributed by atoms with E-state index in [9.17, 15) is 4.79 Å². The highest BCUT2D eigenvalue weighted by Crippen LogP contribution is 1.66. The fraction of sp³-hybridized carbons (Fsp3) is 0.500. The van der Waals surface area contributed by atoms with Crippen molar-refractivity contribution in [1.29, 1.82) is 0 Å². The van der Waals surface area contributed by atoms with Crippen LogP contribution in [0.4, 0.5) is 0 Å². The maximum Gasteiger partial charge on any atom is 0.134 e. The van der Waals surface area contributed by atoms with Gasteiger partial charge in [0.1, 0.15) is 6.29 Å². The lowest BCUT2D eigenvalue weighted by atomic mass is 10.8. The Morgan fingerprint density at radius 2 is 2.67 bits per heavy atom. The van der Waals surface area contributed by atoms with E-state index in [2.05, 4.69) is 4.72 Å². The van der Waals surface area contributed by atoms with Crippen molar-refractivity contribution in [2.75, 3.05) is 6.54 Å². The molecule has 0 amide bonds. The molecule has 0 atom stereocenters. The van der Waals surface area contributed by atoms with Crippen LogP contribution < -0.4 is 9.86 Å². The fourth-order valence-electron chi connectivity index (χ4n) is 0.0821. The first-order valence-corrected chi connectivity index (χ1v) is 2.32. The van der Waals surface area contributed by atoms with E-state index < -0.39 is 0 Å². The molecule has 3 N–H and O–H groups in total. The number of carbonyl (C=O) groups excluding carboxylic acids is 1. The summed E-state index contributed by atoms with van der Waals surface area (Å²) >= 11 is 0.945. The summed E-state index contributed by atoms with van der Waals surface area (Å²) in [5.41, 5.74) is 0. The molecule has 0 saturated heterocycles. The minimum absolute atomic E-state index is 0.321. The zero-order chi connectivity index (χ0) is 4.83. The normalized spacial score (nSPS) is 8.17. The molecular formula is C2H6N2OS. The van der Waals surface area contributed by atoms with Gasteiger partial charge in [-0.15, -0.1) is 0 Å². The summed E-state index contributed by atoms with van der Waals surface area (Å²) < 4.78 is 2.52. The topological polar surface area (TPSA) is 55.1 Å². The molecule has 0 aliphatic heterocycles. The van der Waals surface area contributed by atoms with Crippen LogP contribution in [0.25, 0.3) is 0 Å². The molecule has 0 heterocycles. The molecule has 0 spiro atoms. The van der Waals surface area contributed by atoms with Gasteiger partial charge in [-0.2, -0.15) is 0 Å². The standard InChI is InChI=1S/C2H6N2OS/c3-6-4-1-2-5/h2,4H,1,3H2. The first-order chi connectivity index (χ1) is 2.91. The minimum Gasteiger partial charge on any atom is -0.302 e. The molecule has 0 rings (SSSR count). The molecule has 36 valence electrons. The summed E-state index contributed by atoms with van der Waals surface area (Å²) in [6, 6.07) is 0. The van der Waals surface area contributed by atoms with Crippen LogP contribution in [0, 0.1) is 0 Å². The Balaban J connectivity index is 2.49. The molecule has 0 aliphatic carbocycles.